The maximum absolute atomic E-state index is 12.3. The van der Waals surface area contributed by atoms with Gasteiger partial charge in [-0.05, 0) is 54.4 Å². The minimum Gasteiger partial charge on any atom is -0.398 e. The van der Waals surface area contributed by atoms with Crippen molar-refractivity contribution in [1.82, 2.24) is 9.62 Å². The lowest BCUT2D eigenvalue weighted by Gasteiger charge is -2.19. The van der Waals surface area contributed by atoms with Gasteiger partial charge >= 0.3 is 0 Å². The number of hydrogen-bond donors (Lipinski definition) is 2. The molecule has 8 heteroatoms. The number of hydrogen-bond acceptors (Lipinski definition) is 4. The Morgan fingerprint density at radius 1 is 1.33 bits per heavy atom. The van der Waals surface area contributed by atoms with Crippen molar-refractivity contribution < 1.29 is 13.2 Å². The Morgan fingerprint density at radius 3 is 2.43 bits per heavy atom. The standard InChI is InChI=1S/C13H20BrN3O3S/c1-4-17(5-2)13(18)8-16-21(19,20)12-7-11(15)10(14)6-9(12)3/h6-7,16H,4-5,8,15H2,1-3H3. The monoisotopic (exact) mass is 377 g/mol. The summed E-state index contributed by atoms with van der Waals surface area (Å²) < 4.78 is 27.5. The van der Waals surface area contributed by atoms with Crippen LogP contribution in [-0.4, -0.2) is 38.9 Å². The Balaban J connectivity index is 2.93. The van der Waals surface area contributed by atoms with Gasteiger partial charge in [-0.1, -0.05) is 0 Å². The van der Waals surface area contributed by atoms with Crippen LogP contribution in [-0.2, 0) is 14.8 Å². The Bertz CT molecular complexity index is 628. The molecule has 21 heavy (non-hydrogen) atoms. The smallest absolute Gasteiger partial charge is 0.241 e. The van der Waals surface area contributed by atoms with E-state index in [0.29, 0.717) is 28.8 Å². The quantitative estimate of drug-likeness (QED) is 0.734. The summed E-state index contributed by atoms with van der Waals surface area (Å²) in [7, 11) is -3.77. The van der Waals surface area contributed by atoms with Crippen molar-refractivity contribution in [1.29, 1.82) is 0 Å². The molecule has 6 nitrogen and oxygen atoms in total. The van der Waals surface area contributed by atoms with Gasteiger partial charge in [0, 0.05) is 23.2 Å². The second-order valence-electron chi connectivity index (χ2n) is 4.53. The van der Waals surface area contributed by atoms with Gasteiger partial charge in [0.1, 0.15) is 0 Å². The molecular weight excluding hydrogens is 358 g/mol. The summed E-state index contributed by atoms with van der Waals surface area (Å²) in [6, 6.07) is 3.01. The molecule has 1 rings (SSSR count). The van der Waals surface area contributed by atoms with Crippen molar-refractivity contribution >= 4 is 37.5 Å². The van der Waals surface area contributed by atoms with Gasteiger partial charge in [-0.25, -0.2) is 13.1 Å². The maximum Gasteiger partial charge on any atom is 0.241 e. The van der Waals surface area contributed by atoms with E-state index in [1.807, 2.05) is 13.8 Å². The van der Waals surface area contributed by atoms with Crippen LogP contribution in [0.1, 0.15) is 19.4 Å². The topological polar surface area (TPSA) is 92.5 Å². The average molecular weight is 378 g/mol. The Morgan fingerprint density at radius 2 is 1.90 bits per heavy atom. The molecule has 0 atom stereocenters. The van der Waals surface area contributed by atoms with E-state index in [4.69, 9.17) is 5.73 Å². The summed E-state index contributed by atoms with van der Waals surface area (Å²) in [5.74, 6) is -0.258. The van der Waals surface area contributed by atoms with Gasteiger partial charge in [-0.3, -0.25) is 4.79 Å². The molecule has 0 aliphatic carbocycles. The molecule has 1 aromatic rings. The fourth-order valence-corrected chi connectivity index (χ4v) is 3.57. The Kier molecular flexibility index (Phi) is 6.18. The molecule has 1 aromatic carbocycles. The van der Waals surface area contributed by atoms with E-state index in [9.17, 15) is 13.2 Å². The number of nitrogens with zero attached hydrogens (tertiary/aromatic N) is 1. The van der Waals surface area contributed by atoms with Crippen molar-refractivity contribution in [2.24, 2.45) is 0 Å². The molecule has 118 valence electrons. The van der Waals surface area contributed by atoms with E-state index in [0.717, 1.165) is 0 Å². The lowest BCUT2D eigenvalue weighted by Crippen LogP contribution is -2.40. The number of anilines is 1. The van der Waals surface area contributed by atoms with E-state index in [1.165, 1.54) is 6.07 Å². The number of sulfonamides is 1. The Labute approximate surface area is 133 Å². The van der Waals surface area contributed by atoms with E-state index in [-0.39, 0.29) is 17.3 Å². The van der Waals surface area contributed by atoms with Gasteiger partial charge < -0.3 is 10.6 Å². The predicted octanol–water partition coefficient (Wildman–Crippen LogP) is 1.49. The first-order valence-corrected chi connectivity index (χ1v) is 8.83. The van der Waals surface area contributed by atoms with Crippen molar-refractivity contribution in [3.63, 3.8) is 0 Å². The maximum atomic E-state index is 12.3. The highest BCUT2D eigenvalue weighted by Crippen LogP contribution is 2.26. The van der Waals surface area contributed by atoms with E-state index < -0.39 is 10.0 Å². The van der Waals surface area contributed by atoms with Crippen molar-refractivity contribution in [3.05, 3.63) is 22.2 Å². The molecule has 0 unspecified atom stereocenters. The number of rotatable bonds is 6. The van der Waals surface area contributed by atoms with Crippen LogP contribution in [0.5, 0.6) is 0 Å². The third kappa shape index (κ3) is 4.42. The molecule has 0 saturated carbocycles. The molecule has 0 fully saturated rings. The summed E-state index contributed by atoms with van der Waals surface area (Å²) in [5.41, 5.74) is 6.60. The number of likely N-dealkylation sites (N-methyl/N-ethyl adjacent to an activating group) is 1. The first kappa shape index (κ1) is 17.9. The van der Waals surface area contributed by atoms with Crippen molar-refractivity contribution in [2.45, 2.75) is 25.7 Å². The number of carbonyl (C=O) groups is 1. The minimum atomic E-state index is -3.77. The summed E-state index contributed by atoms with van der Waals surface area (Å²) >= 11 is 3.25. The highest BCUT2D eigenvalue weighted by atomic mass is 79.9. The van der Waals surface area contributed by atoms with Crippen LogP contribution in [0.15, 0.2) is 21.5 Å². The number of nitrogens with two attached hydrogens (primary N) is 1. The SMILES string of the molecule is CCN(CC)C(=O)CNS(=O)(=O)c1cc(N)c(Br)cc1C. The number of carbonyl (C=O) groups excluding carboxylic acids is 1. The third-order valence-electron chi connectivity index (χ3n) is 3.11. The number of amides is 1. The molecule has 1 amide bonds. The zero-order valence-electron chi connectivity index (χ0n) is 12.3. The summed E-state index contributed by atoms with van der Waals surface area (Å²) in [6.45, 7) is 6.18. The van der Waals surface area contributed by atoms with Crippen molar-refractivity contribution in [3.8, 4) is 0 Å². The van der Waals surface area contributed by atoms with E-state index in [1.54, 1.807) is 17.9 Å². The molecule has 0 aromatic heterocycles. The molecule has 0 aliphatic rings. The fourth-order valence-electron chi connectivity index (χ4n) is 1.88. The Hall–Kier alpha value is -1.12. The van der Waals surface area contributed by atoms with Crippen molar-refractivity contribution in [2.75, 3.05) is 25.4 Å². The number of aryl methyl sites for hydroxylation is 1. The van der Waals surface area contributed by atoms with Crippen LogP contribution in [0, 0.1) is 6.92 Å². The lowest BCUT2D eigenvalue weighted by atomic mass is 10.2. The highest BCUT2D eigenvalue weighted by Gasteiger charge is 2.20. The lowest BCUT2D eigenvalue weighted by molar-refractivity contribution is -0.129. The molecular formula is C13H20BrN3O3S. The van der Waals surface area contributed by atoms with Crippen LogP contribution >= 0.6 is 15.9 Å². The summed E-state index contributed by atoms with van der Waals surface area (Å²) in [6.07, 6.45) is 0. The molecule has 0 spiro atoms. The van der Waals surface area contributed by atoms with Gasteiger partial charge in [-0.2, -0.15) is 0 Å². The minimum absolute atomic E-state index is 0.0792. The highest BCUT2D eigenvalue weighted by molar-refractivity contribution is 9.10. The number of halogens is 1. The fraction of sp³-hybridized carbons (Fsp3) is 0.462. The third-order valence-corrected chi connectivity index (χ3v) is 5.34. The normalized spacial score (nSPS) is 11.4. The number of nitrogens with one attached hydrogen (secondary N) is 1. The number of benzene rings is 1. The first-order valence-electron chi connectivity index (χ1n) is 6.56. The molecule has 3 N–H and O–H groups in total. The van der Waals surface area contributed by atoms with Gasteiger partial charge in [0.05, 0.1) is 11.4 Å². The summed E-state index contributed by atoms with van der Waals surface area (Å²) in [4.78, 5) is 13.5. The van der Waals surface area contributed by atoms with Gasteiger partial charge in [0.25, 0.3) is 0 Å². The van der Waals surface area contributed by atoms with E-state index >= 15 is 0 Å². The van der Waals surface area contributed by atoms with Gasteiger partial charge in [0.2, 0.25) is 15.9 Å². The number of nitrogen functional groups attached to an aromatic ring is 1. The molecule has 0 aliphatic heterocycles. The van der Waals surface area contributed by atoms with Gasteiger partial charge in [-0.15, -0.1) is 0 Å². The molecule has 0 radical (unpaired) electrons. The molecule has 0 bridgehead atoms. The second kappa shape index (κ2) is 7.24. The average Bonchev–Trinajstić information content (AvgIpc) is 2.42. The zero-order chi connectivity index (χ0) is 16.2. The van der Waals surface area contributed by atoms with Crippen LogP contribution in [0.2, 0.25) is 0 Å². The second-order valence-corrected chi connectivity index (χ2v) is 7.12. The predicted molar refractivity (Wildman–Crippen MR) is 86.4 cm³/mol. The largest absolute Gasteiger partial charge is 0.398 e. The zero-order valence-corrected chi connectivity index (χ0v) is 14.7. The van der Waals surface area contributed by atoms with Crippen LogP contribution in [0.4, 0.5) is 5.69 Å². The molecule has 0 heterocycles. The van der Waals surface area contributed by atoms with E-state index in [2.05, 4.69) is 20.7 Å². The van der Waals surface area contributed by atoms with Crippen LogP contribution < -0.4 is 10.5 Å². The van der Waals surface area contributed by atoms with Crippen LogP contribution in [0.3, 0.4) is 0 Å². The van der Waals surface area contributed by atoms with Crippen LogP contribution in [0.25, 0.3) is 0 Å². The molecule has 0 saturated heterocycles. The summed E-state index contributed by atoms with van der Waals surface area (Å²) in [5, 5.41) is 0. The van der Waals surface area contributed by atoms with Gasteiger partial charge in [0.15, 0.2) is 0 Å². The first-order chi connectivity index (χ1) is 9.72.